The van der Waals surface area contributed by atoms with Crippen molar-refractivity contribution in [1.29, 1.82) is 0 Å². The molecule has 1 aromatic heterocycles. The minimum absolute atomic E-state index is 0.00887. The number of benzene rings is 2. The van der Waals surface area contributed by atoms with Crippen molar-refractivity contribution >= 4 is 34.1 Å². The van der Waals surface area contributed by atoms with Crippen LogP contribution in [0.3, 0.4) is 0 Å². The quantitative estimate of drug-likeness (QED) is 0.716. The van der Waals surface area contributed by atoms with E-state index >= 15 is 0 Å². The minimum Gasteiger partial charge on any atom is -0.361 e. The number of carbonyl (C=O) groups excluding carboxylic acids is 1. The highest BCUT2D eigenvalue weighted by molar-refractivity contribution is 6.29. The Morgan fingerprint density at radius 1 is 1.14 bits per heavy atom. The Hall–Kier alpha value is -2.26. The first-order chi connectivity index (χ1) is 10.8. The van der Waals surface area contributed by atoms with Gasteiger partial charge in [-0.2, -0.15) is 0 Å². The van der Waals surface area contributed by atoms with Gasteiger partial charge in [-0.15, -0.1) is 11.6 Å². The number of para-hydroxylation sites is 2. The fourth-order valence-electron chi connectivity index (χ4n) is 3.36. The maximum atomic E-state index is 12.1. The maximum absolute atomic E-state index is 12.1. The standard InChI is InChI=1S/C18H15ClN2O/c19-9-18(22)21-11-15(13-6-2-4-8-17(13)21)14-10-20-16-7-3-1-5-12(14)16/h1-8,10,15,20H,9,11H2/t15-/m1/s1. The van der Waals surface area contributed by atoms with Crippen LogP contribution in [0.5, 0.6) is 0 Å². The van der Waals surface area contributed by atoms with E-state index in [1.807, 2.05) is 30.3 Å². The van der Waals surface area contributed by atoms with Crippen LogP contribution in [0.15, 0.2) is 54.7 Å². The Labute approximate surface area is 133 Å². The molecular weight excluding hydrogens is 296 g/mol. The van der Waals surface area contributed by atoms with E-state index in [9.17, 15) is 4.79 Å². The van der Waals surface area contributed by atoms with Crippen LogP contribution in [0.2, 0.25) is 0 Å². The van der Waals surface area contributed by atoms with Gasteiger partial charge in [0, 0.05) is 35.2 Å². The van der Waals surface area contributed by atoms with Gasteiger partial charge in [0.1, 0.15) is 5.88 Å². The van der Waals surface area contributed by atoms with Crippen molar-refractivity contribution in [2.75, 3.05) is 17.3 Å². The summed E-state index contributed by atoms with van der Waals surface area (Å²) in [6, 6.07) is 16.3. The zero-order valence-electron chi connectivity index (χ0n) is 11.9. The zero-order valence-corrected chi connectivity index (χ0v) is 12.7. The van der Waals surface area contributed by atoms with Crippen LogP contribution in [0, 0.1) is 0 Å². The van der Waals surface area contributed by atoms with Gasteiger partial charge >= 0.3 is 0 Å². The number of aromatic amines is 1. The summed E-state index contributed by atoms with van der Waals surface area (Å²) in [5.41, 5.74) is 4.51. The number of aromatic nitrogens is 1. The number of anilines is 1. The second kappa shape index (κ2) is 5.18. The number of amides is 1. The van der Waals surface area contributed by atoms with Crippen molar-refractivity contribution < 1.29 is 4.79 Å². The molecule has 1 N–H and O–H groups in total. The van der Waals surface area contributed by atoms with E-state index in [1.165, 1.54) is 16.5 Å². The van der Waals surface area contributed by atoms with Crippen LogP contribution in [0.4, 0.5) is 5.69 Å². The molecule has 4 rings (SSSR count). The summed E-state index contributed by atoms with van der Waals surface area (Å²) in [6.07, 6.45) is 2.06. The van der Waals surface area contributed by atoms with E-state index in [4.69, 9.17) is 11.6 Å². The van der Waals surface area contributed by atoms with Crippen molar-refractivity contribution in [3.05, 3.63) is 65.9 Å². The summed E-state index contributed by atoms with van der Waals surface area (Å²) in [5.74, 6) is 0.144. The number of fused-ring (bicyclic) bond motifs is 2. The van der Waals surface area contributed by atoms with E-state index in [0.717, 1.165) is 11.2 Å². The first kappa shape index (κ1) is 13.4. The number of nitrogens with zero attached hydrogens (tertiary/aromatic N) is 1. The van der Waals surface area contributed by atoms with Crippen molar-refractivity contribution in [2.24, 2.45) is 0 Å². The summed E-state index contributed by atoms with van der Waals surface area (Å²) in [6.45, 7) is 0.646. The monoisotopic (exact) mass is 310 g/mol. The van der Waals surface area contributed by atoms with Gasteiger partial charge in [0.2, 0.25) is 5.91 Å². The SMILES string of the molecule is O=C(CCl)N1C[C@@H](c2c[nH]c3ccccc23)c2ccccc21. The third kappa shape index (κ3) is 1.93. The third-order valence-electron chi connectivity index (χ3n) is 4.38. The summed E-state index contributed by atoms with van der Waals surface area (Å²) in [5, 5.41) is 1.21. The minimum atomic E-state index is -0.0449. The first-order valence-electron chi connectivity index (χ1n) is 7.31. The van der Waals surface area contributed by atoms with E-state index in [2.05, 4.69) is 29.4 Å². The van der Waals surface area contributed by atoms with Crippen LogP contribution in [0.1, 0.15) is 17.0 Å². The summed E-state index contributed by atoms with van der Waals surface area (Å²) in [4.78, 5) is 17.3. The second-order valence-electron chi connectivity index (χ2n) is 5.54. The molecule has 2 heterocycles. The molecule has 2 aromatic carbocycles. The topological polar surface area (TPSA) is 36.1 Å². The summed E-state index contributed by atoms with van der Waals surface area (Å²) >= 11 is 5.77. The van der Waals surface area contributed by atoms with Crippen LogP contribution in [-0.4, -0.2) is 23.3 Å². The van der Waals surface area contributed by atoms with Crippen molar-refractivity contribution in [3.8, 4) is 0 Å². The molecule has 4 heteroatoms. The average molecular weight is 311 g/mol. The molecule has 0 unspecified atom stereocenters. The van der Waals surface area contributed by atoms with E-state index in [-0.39, 0.29) is 17.7 Å². The molecule has 0 bridgehead atoms. The van der Waals surface area contributed by atoms with Crippen LogP contribution >= 0.6 is 11.6 Å². The number of nitrogens with one attached hydrogen (secondary N) is 1. The first-order valence-corrected chi connectivity index (χ1v) is 7.84. The second-order valence-corrected chi connectivity index (χ2v) is 5.81. The number of carbonyl (C=O) groups is 1. The molecule has 3 nitrogen and oxygen atoms in total. The highest BCUT2D eigenvalue weighted by Gasteiger charge is 2.33. The summed E-state index contributed by atoms with van der Waals surface area (Å²) in [7, 11) is 0. The summed E-state index contributed by atoms with van der Waals surface area (Å²) < 4.78 is 0. The van der Waals surface area contributed by atoms with E-state index in [1.54, 1.807) is 4.90 Å². The van der Waals surface area contributed by atoms with Gasteiger partial charge in [-0.3, -0.25) is 4.79 Å². The highest BCUT2D eigenvalue weighted by Crippen LogP contribution is 2.42. The molecule has 0 saturated carbocycles. The van der Waals surface area contributed by atoms with Crippen LogP contribution in [-0.2, 0) is 4.79 Å². The van der Waals surface area contributed by atoms with Crippen molar-refractivity contribution in [3.63, 3.8) is 0 Å². The number of rotatable bonds is 2. The molecule has 0 aliphatic carbocycles. The van der Waals surface area contributed by atoms with Gasteiger partial charge < -0.3 is 9.88 Å². The number of halogens is 1. The lowest BCUT2D eigenvalue weighted by Crippen LogP contribution is -2.30. The van der Waals surface area contributed by atoms with Crippen molar-refractivity contribution in [1.82, 2.24) is 4.98 Å². The lowest BCUT2D eigenvalue weighted by Gasteiger charge is -2.16. The number of hydrogen-bond donors (Lipinski definition) is 1. The van der Waals surface area contributed by atoms with Crippen LogP contribution in [0.25, 0.3) is 10.9 Å². The van der Waals surface area contributed by atoms with Gasteiger partial charge in [-0.05, 0) is 23.3 Å². The molecule has 0 fully saturated rings. The molecular formula is C18H15ClN2O. The predicted octanol–water partition coefficient (Wildman–Crippen LogP) is 3.89. The largest absolute Gasteiger partial charge is 0.361 e. The molecule has 110 valence electrons. The zero-order chi connectivity index (χ0) is 15.1. The Kier molecular flexibility index (Phi) is 3.16. The number of alkyl halides is 1. The molecule has 1 atom stereocenters. The fraction of sp³-hybridized carbons (Fsp3) is 0.167. The third-order valence-corrected chi connectivity index (χ3v) is 4.61. The Morgan fingerprint density at radius 2 is 1.91 bits per heavy atom. The Balaban J connectivity index is 1.85. The van der Waals surface area contributed by atoms with Crippen LogP contribution < -0.4 is 4.90 Å². The molecule has 3 aromatic rings. The maximum Gasteiger partial charge on any atom is 0.241 e. The Morgan fingerprint density at radius 3 is 2.77 bits per heavy atom. The van der Waals surface area contributed by atoms with E-state index < -0.39 is 0 Å². The molecule has 0 spiro atoms. The van der Waals surface area contributed by atoms with Crippen molar-refractivity contribution in [2.45, 2.75) is 5.92 Å². The van der Waals surface area contributed by atoms with Gasteiger partial charge in [-0.1, -0.05) is 36.4 Å². The number of H-pyrrole nitrogens is 1. The molecule has 22 heavy (non-hydrogen) atoms. The smallest absolute Gasteiger partial charge is 0.241 e. The number of hydrogen-bond acceptors (Lipinski definition) is 1. The predicted molar refractivity (Wildman–Crippen MR) is 89.7 cm³/mol. The molecule has 0 saturated heterocycles. The lowest BCUT2D eigenvalue weighted by atomic mass is 9.93. The Bertz CT molecular complexity index is 855. The van der Waals surface area contributed by atoms with Gasteiger partial charge in [0.15, 0.2) is 0 Å². The fourth-order valence-corrected chi connectivity index (χ4v) is 3.51. The highest BCUT2D eigenvalue weighted by atomic mass is 35.5. The molecule has 1 aliphatic heterocycles. The molecule has 1 amide bonds. The average Bonchev–Trinajstić information content (AvgIpc) is 3.15. The van der Waals surface area contributed by atoms with Gasteiger partial charge in [-0.25, -0.2) is 0 Å². The van der Waals surface area contributed by atoms with Gasteiger partial charge in [0.25, 0.3) is 0 Å². The lowest BCUT2D eigenvalue weighted by molar-refractivity contribution is -0.116. The normalized spacial score (nSPS) is 17.0. The molecule has 1 aliphatic rings. The molecule has 0 radical (unpaired) electrons. The van der Waals surface area contributed by atoms with Gasteiger partial charge in [0.05, 0.1) is 0 Å². The van der Waals surface area contributed by atoms with E-state index in [0.29, 0.717) is 6.54 Å².